The van der Waals surface area contributed by atoms with Crippen LogP contribution in [0.3, 0.4) is 0 Å². The highest BCUT2D eigenvalue weighted by Crippen LogP contribution is 2.12. The van der Waals surface area contributed by atoms with Gasteiger partial charge in [0.15, 0.2) is 0 Å². The molecule has 0 saturated carbocycles. The maximum absolute atomic E-state index is 11.2. The van der Waals surface area contributed by atoms with E-state index in [9.17, 15) is 13.2 Å². The second-order valence-corrected chi connectivity index (χ2v) is 4.46. The van der Waals surface area contributed by atoms with Gasteiger partial charge in [0.25, 0.3) is 10.0 Å². The lowest BCUT2D eigenvalue weighted by Gasteiger charge is -2.08. The zero-order valence-electron chi connectivity index (χ0n) is 7.49. The number of nitrogens with zero attached hydrogens (tertiary/aromatic N) is 1. The summed E-state index contributed by atoms with van der Waals surface area (Å²) >= 11 is 0. The molecule has 1 rings (SSSR count). The number of hydrogen-bond donors (Lipinski definition) is 3. The van der Waals surface area contributed by atoms with Crippen molar-refractivity contribution in [2.45, 2.75) is 4.90 Å². The number of rotatable bonds is 3. The smallest absolute Gasteiger partial charge is 0.278 e. The molecule has 82 valence electrons. The van der Waals surface area contributed by atoms with E-state index in [1.54, 1.807) is 0 Å². The molecule has 0 unspecified atom stereocenters. The average Bonchev–Trinajstić information content (AvgIpc) is 2.17. The van der Waals surface area contributed by atoms with E-state index >= 15 is 0 Å². The molecule has 0 atom stereocenters. The van der Waals surface area contributed by atoms with Crippen molar-refractivity contribution in [1.29, 1.82) is 0 Å². The number of amides is 1. The highest BCUT2D eigenvalue weighted by Gasteiger charge is 2.19. The van der Waals surface area contributed by atoms with Crippen molar-refractivity contribution >= 4 is 15.9 Å². The molecule has 0 heterocycles. The van der Waals surface area contributed by atoms with Crippen LogP contribution in [0.1, 0.15) is 10.4 Å². The first-order chi connectivity index (χ1) is 6.85. The van der Waals surface area contributed by atoms with Gasteiger partial charge in [-0.15, -0.1) is 0 Å². The van der Waals surface area contributed by atoms with Gasteiger partial charge in [-0.05, 0) is 28.8 Å². The number of hydrogen-bond acceptors (Lipinski definition) is 5. The molecule has 15 heavy (non-hydrogen) atoms. The Labute approximate surface area is 85.9 Å². The number of sulfonamides is 1. The van der Waals surface area contributed by atoms with Crippen LogP contribution in [0.5, 0.6) is 0 Å². The fourth-order valence-electron chi connectivity index (χ4n) is 0.899. The first kappa shape index (κ1) is 11.6. The third-order valence-corrected chi connectivity index (χ3v) is 3.04. The topological polar surface area (TPSA) is 127 Å². The van der Waals surface area contributed by atoms with Crippen molar-refractivity contribution in [3.05, 3.63) is 29.8 Å². The van der Waals surface area contributed by atoms with Crippen LogP contribution in [0.15, 0.2) is 29.2 Å². The third-order valence-electron chi connectivity index (χ3n) is 1.68. The molecule has 5 N–H and O–H groups in total. The Morgan fingerprint density at radius 2 is 1.73 bits per heavy atom. The highest BCUT2D eigenvalue weighted by atomic mass is 32.2. The molecule has 1 amide bonds. The molecule has 0 fully saturated rings. The Hall–Kier alpha value is -1.48. The molecule has 0 saturated heterocycles. The van der Waals surface area contributed by atoms with E-state index in [0.717, 1.165) is 12.1 Å². The summed E-state index contributed by atoms with van der Waals surface area (Å²) in [5.74, 6) is 4.04. The maximum Gasteiger partial charge on any atom is 0.278 e. The van der Waals surface area contributed by atoms with E-state index in [0.29, 0.717) is 0 Å². The standard InChI is InChI=1S/C7H9N3O4S/c8-7(11)5-1-3-6(4-2-5)15(13,14)10(9)12/h1-4,12H,9H2,(H2,8,11). The molecule has 1 aromatic carbocycles. The van der Waals surface area contributed by atoms with Gasteiger partial charge in [0, 0.05) is 5.56 Å². The molecular formula is C7H9N3O4S. The Bertz CT molecular complexity index is 466. The quantitative estimate of drug-likeness (QED) is 0.456. The van der Waals surface area contributed by atoms with Gasteiger partial charge in [0.2, 0.25) is 5.91 Å². The summed E-state index contributed by atoms with van der Waals surface area (Å²) < 4.78 is 22.1. The van der Waals surface area contributed by atoms with E-state index in [2.05, 4.69) is 0 Å². The largest absolute Gasteiger partial charge is 0.366 e. The second-order valence-electron chi connectivity index (χ2n) is 2.67. The summed E-state index contributed by atoms with van der Waals surface area (Å²) in [4.78, 5) is 10.4. The lowest BCUT2D eigenvalue weighted by molar-refractivity contribution is 0.00246. The Morgan fingerprint density at radius 1 is 1.27 bits per heavy atom. The zero-order valence-corrected chi connectivity index (χ0v) is 8.31. The molecule has 7 nitrogen and oxygen atoms in total. The molecule has 0 bridgehead atoms. The van der Waals surface area contributed by atoms with Crippen molar-refractivity contribution in [3.63, 3.8) is 0 Å². The van der Waals surface area contributed by atoms with Gasteiger partial charge in [0.05, 0.1) is 4.90 Å². The van der Waals surface area contributed by atoms with Crippen LogP contribution in [0.2, 0.25) is 0 Å². The molecule has 0 radical (unpaired) electrons. The number of primary amides is 1. The fraction of sp³-hybridized carbons (Fsp3) is 0. The van der Waals surface area contributed by atoms with Crippen LogP contribution in [-0.4, -0.2) is 24.1 Å². The van der Waals surface area contributed by atoms with Gasteiger partial charge in [-0.25, -0.2) is 14.3 Å². The normalized spacial score (nSPS) is 11.7. The van der Waals surface area contributed by atoms with E-state index in [-0.39, 0.29) is 10.5 Å². The number of carbonyl (C=O) groups excluding carboxylic acids is 1. The van der Waals surface area contributed by atoms with Gasteiger partial charge >= 0.3 is 0 Å². The average molecular weight is 231 g/mol. The predicted molar refractivity (Wildman–Crippen MR) is 50.0 cm³/mol. The van der Waals surface area contributed by atoms with Crippen molar-refractivity contribution in [3.8, 4) is 0 Å². The van der Waals surface area contributed by atoms with Crippen LogP contribution >= 0.6 is 0 Å². The summed E-state index contributed by atoms with van der Waals surface area (Å²) in [7, 11) is -4.10. The molecular weight excluding hydrogens is 222 g/mol. The van der Waals surface area contributed by atoms with Gasteiger partial charge in [-0.3, -0.25) is 10.0 Å². The fourth-order valence-corrected chi connectivity index (χ4v) is 1.60. The summed E-state index contributed by atoms with van der Waals surface area (Å²) in [5, 5.41) is 8.64. The maximum atomic E-state index is 11.2. The predicted octanol–water partition coefficient (Wildman–Crippen LogP) is -0.961. The van der Waals surface area contributed by atoms with E-state index in [1.807, 2.05) is 0 Å². The summed E-state index contributed by atoms with van der Waals surface area (Å²) in [6.07, 6.45) is 0. The SMILES string of the molecule is NC(=O)c1ccc(S(=O)(=O)N(N)O)cc1. The first-order valence-electron chi connectivity index (χ1n) is 3.74. The molecule has 0 aliphatic rings. The summed E-state index contributed by atoms with van der Waals surface area (Å²) in [6, 6.07) is 4.68. The first-order valence-corrected chi connectivity index (χ1v) is 5.18. The van der Waals surface area contributed by atoms with Crippen LogP contribution in [0.25, 0.3) is 0 Å². The highest BCUT2D eigenvalue weighted by molar-refractivity contribution is 7.88. The van der Waals surface area contributed by atoms with Crippen LogP contribution < -0.4 is 11.6 Å². The van der Waals surface area contributed by atoms with Crippen molar-refractivity contribution < 1.29 is 18.4 Å². The summed E-state index contributed by atoms with van der Waals surface area (Å²) in [6.45, 7) is 0. The number of carbonyl (C=O) groups is 1. The van der Waals surface area contributed by atoms with Gasteiger partial charge in [-0.1, -0.05) is 0 Å². The Morgan fingerprint density at radius 3 is 2.07 bits per heavy atom. The molecule has 0 aliphatic heterocycles. The molecule has 0 aromatic heterocycles. The molecule has 1 aromatic rings. The van der Waals surface area contributed by atoms with Gasteiger partial charge in [0.1, 0.15) is 0 Å². The Kier molecular flexibility index (Phi) is 3.05. The van der Waals surface area contributed by atoms with E-state index in [1.165, 1.54) is 12.1 Å². The Balaban J connectivity index is 3.15. The second kappa shape index (κ2) is 3.95. The van der Waals surface area contributed by atoms with Gasteiger partial charge < -0.3 is 5.73 Å². The van der Waals surface area contributed by atoms with Crippen LogP contribution in [-0.2, 0) is 10.0 Å². The minimum Gasteiger partial charge on any atom is -0.366 e. The molecule has 0 aliphatic carbocycles. The van der Waals surface area contributed by atoms with E-state index < -0.39 is 20.5 Å². The van der Waals surface area contributed by atoms with Crippen LogP contribution in [0.4, 0.5) is 0 Å². The molecule has 8 heteroatoms. The molecule has 0 spiro atoms. The van der Waals surface area contributed by atoms with Crippen molar-refractivity contribution in [2.24, 2.45) is 11.6 Å². The monoisotopic (exact) mass is 231 g/mol. The summed E-state index contributed by atoms with van der Waals surface area (Å²) in [5.41, 5.74) is 5.12. The minimum atomic E-state index is -4.10. The lowest BCUT2D eigenvalue weighted by atomic mass is 10.2. The van der Waals surface area contributed by atoms with Crippen molar-refractivity contribution in [2.75, 3.05) is 0 Å². The van der Waals surface area contributed by atoms with E-state index in [4.69, 9.17) is 16.8 Å². The zero-order chi connectivity index (χ0) is 11.6. The van der Waals surface area contributed by atoms with Gasteiger partial charge in [-0.2, -0.15) is 0 Å². The number of benzene rings is 1. The number of nitrogens with two attached hydrogens (primary N) is 2. The van der Waals surface area contributed by atoms with Crippen LogP contribution in [0, 0.1) is 0 Å². The minimum absolute atomic E-state index is 0.162. The third kappa shape index (κ3) is 2.30. The number of hydrazine groups is 1. The lowest BCUT2D eigenvalue weighted by Crippen LogP contribution is -2.33. The van der Waals surface area contributed by atoms with Crippen molar-refractivity contribution in [1.82, 2.24) is 4.58 Å².